The lowest BCUT2D eigenvalue weighted by Gasteiger charge is -2.26. The van der Waals surface area contributed by atoms with Gasteiger partial charge in [-0.25, -0.2) is 0 Å². The summed E-state index contributed by atoms with van der Waals surface area (Å²) in [6, 6.07) is 13.0. The number of carbonyl (C=O) groups excluding carboxylic acids is 1. The number of methoxy groups -OCH3 is 1. The molecule has 0 aliphatic carbocycles. The van der Waals surface area contributed by atoms with Gasteiger partial charge in [-0.2, -0.15) is 0 Å². The number of nitrogens with zero attached hydrogens (tertiary/aromatic N) is 1. The van der Waals surface area contributed by atoms with Gasteiger partial charge in [0.15, 0.2) is 0 Å². The predicted molar refractivity (Wildman–Crippen MR) is 97.2 cm³/mol. The number of aliphatic hydroxyl groups excluding tert-OH is 1. The van der Waals surface area contributed by atoms with Crippen molar-refractivity contribution in [2.45, 2.75) is 25.2 Å². The summed E-state index contributed by atoms with van der Waals surface area (Å²) in [4.78, 5) is 14.2. The van der Waals surface area contributed by atoms with Crippen molar-refractivity contribution in [2.75, 3.05) is 20.2 Å². The molecule has 6 nitrogen and oxygen atoms in total. The number of rotatable bonds is 9. The van der Waals surface area contributed by atoms with E-state index in [-0.39, 0.29) is 43.9 Å². The van der Waals surface area contributed by atoms with Crippen LogP contribution in [0, 0.1) is 0 Å². The van der Waals surface area contributed by atoms with E-state index in [2.05, 4.69) is 0 Å². The molecule has 0 saturated carbocycles. The summed E-state index contributed by atoms with van der Waals surface area (Å²) in [6.45, 7) is 0.808. The van der Waals surface area contributed by atoms with E-state index in [1.54, 1.807) is 17.0 Å². The van der Waals surface area contributed by atoms with E-state index < -0.39 is 6.10 Å². The minimum atomic E-state index is -0.883. The summed E-state index contributed by atoms with van der Waals surface area (Å²) >= 11 is 0. The monoisotopic (exact) mass is 368 g/mol. The van der Waals surface area contributed by atoms with Crippen molar-refractivity contribution in [1.82, 2.24) is 4.90 Å². The number of furan rings is 1. The molecule has 0 fully saturated rings. The van der Waals surface area contributed by atoms with E-state index in [1.165, 1.54) is 13.4 Å². The van der Waals surface area contributed by atoms with Crippen LogP contribution in [0.5, 0.6) is 0 Å². The predicted octanol–water partition coefficient (Wildman–Crippen LogP) is 2.13. The number of hydrogen-bond acceptors (Lipinski definition) is 5. The van der Waals surface area contributed by atoms with Gasteiger partial charge in [-0.05, 0) is 17.7 Å². The Morgan fingerprint density at radius 2 is 2.00 bits per heavy atom. The maximum atomic E-state index is 12.6. The van der Waals surface area contributed by atoms with Gasteiger partial charge in [0.1, 0.15) is 11.9 Å². The van der Waals surface area contributed by atoms with Crippen LogP contribution < -0.4 is 5.73 Å². The van der Waals surface area contributed by atoms with Gasteiger partial charge >= 0.3 is 0 Å². The van der Waals surface area contributed by atoms with Crippen molar-refractivity contribution in [3.8, 4) is 0 Å². The zero-order valence-electron chi connectivity index (χ0n) is 14.2. The molecule has 0 saturated heterocycles. The van der Waals surface area contributed by atoms with Gasteiger partial charge in [0.25, 0.3) is 0 Å². The SMILES string of the molecule is COC(CN)CC(=O)N(Cc1ccccc1)CC(O)c1ccco1.Cl. The molecule has 1 aromatic heterocycles. The van der Waals surface area contributed by atoms with E-state index in [1.807, 2.05) is 30.3 Å². The van der Waals surface area contributed by atoms with Crippen molar-refractivity contribution < 1.29 is 19.1 Å². The minimum Gasteiger partial charge on any atom is -0.467 e. The highest BCUT2D eigenvalue weighted by atomic mass is 35.5. The third-order valence-electron chi connectivity index (χ3n) is 3.83. The molecule has 138 valence electrons. The summed E-state index contributed by atoms with van der Waals surface area (Å²) in [5.41, 5.74) is 6.59. The Hall–Kier alpha value is -1.86. The normalized spacial score (nSPS) is 12.9. The molecule has 25 heavy (non-hydrogen) atoms. The molecule has 2 aromatic rings. The average Bonchev–Trinajstić information content (AvgIpc) is 3.14. The van der Waals surface area contributed by atoms with E-state index >= 15 is 0 Å². The molecule has 2 rings (SSSR count). The number of nitrogens with two attached hydrogens (primary N) is 1. The Morgan fingerprint density at radius 1 is 1.28 bits per heavy atom. The lowest BCUT2D eigenvalue weighted by atomic mass is 10.1. The van der Waals surface area contributed by atoms with E-state index in [9.17, 15) is 9.90 Å². The van der Waals surface area contributed by atoms with Crippen LogP contribution in [0.4, 0.5) is 0 Å². The molecular weight excluding hydrogens is 344 g/mol. The zero-order valence-corrected chi connectivity index (χ0v) is 15.0. The Kier molecular flexibility index (Phi) is 9.23. The molecule has 1 aromatic carbocycles. The number of halogens is 1. The third kappa shape index (κ3) is 6.51. The maximum absolute atomic E-state index is 12.6. The first-order chi connectivity index (χ1) is 11.6. The van der Waals surface area contributed by atoms with Crippen LogP contribution in [0.1, 0.15) is 23.8 Å². The van der Waals surface area contributed by atoms with Gasteiger partial charge in [-0.1, -0.05) is 30.3 Å². The fraction of sp³-hybridized carbons (Fsp3) is 0.389. The van der Waals surface area contributed by atoms with Crippen LogP contribution in [0.2, 0.25) is 0 Å². The Morgan fingerprint density at radius 3 is 2.56 bits per heavy atom. The molecule has 2 atom stereocenters. The summed E-state index contributed by atoms with van der Waals surface area (Å²) in [5.74, 6) is 0.310. The summed E-state index contributed by atoms with van der Waals surface area (Å²) in [7, 11) is 1.53. The second-order valence-electron chi connectivity index (χ2n) is 5.59. The van der Waals surface area contributed by atoms with E-state index in [0.717, 1.165) is 5.56 Å². The molecule has 1 heterocycles. The number of hydrogen-bond donors (Lipinski definition) is 2. The highest BCUT2D eigenvalue weighted by molar-refractivity contribution is 5.85. The van der Waals surface area contributed by atoms with Crippen molar-refractivity contribution in [1.29, 1.82) is 0 Å². The molecule has 0 aliphatic heterocycles. The Bertz CT molecular complexity index is 603. The van der Waals surface area contributed by atoms with Gasteiger partial charge in [0.2, 0.25) is 5.91 Å². The van der Waals surface area contributed by atoms with Gasteiger partial charge < -0.3 is 24.9 Å². The Balaban J connectivity index is 0.00000312. The highest BCUT2D eigenvalue weighted by Crippen LogP contribution is 2.17. The fourth-order valence-electron chi connectivity index (χ4n) is 2.42. The first-order valence-electron chi connectivity index (χ1n) is 7.90. The quantitative estimate of drug-likeness (QED) is 0.707. The minimum absolute atomic E-state index is 0. The molecule has 1 amide bonds. The average molecular weight is 369 g/mol. The molecule has 0 bridgehead atoms. The fourth-order valence-corrected chi connectivity index (χ4v) is 2.42. The summed E-state index contributed by atoms with van der Waals surface area (Å²) < 4.78 is 10.4. The first-order valence-corrected chi connectivity index (χ1v) is 7.90. The largest absolute Gasteiger partial charge is 0.467 e. The lowest BCUT2D eigenvalue weighted by molar-refractivity contribution is -0.136. The first kappa shape index (κ1) is 21.2. The van der Waals surface area contributed by atoms with Crippen molar-refractivity contribution in [3.05, 3.63) is 60.1 Å². The number of aliphatic hydroxyl groups is 1. The number of carbonyl (C=O) groups is 1. The number of ether oxygens (including phenoxy) is 1. The van der Waals surface area contributed by atoms with Crippen LogP contribution in [-0.4, -0.2) is 42.2 Å². The van der Waals surface area contributed by atoms with Crippen molar-refractivity contribution in [2.24, 2.45) is 5.73 Å². The second kappa shape index (κ2) is 10.9. The molecule has 0 radical (unpaired) electrons. The topological polar surface area (TPSA) is 88.9 Å². The maximum Gasteiger partial charge on any atom is 0.225 e. The smallest absolute Gasteiger partial charge is 0.225 e. The third-order valence-corrected chi connectivity index (χ3v) is 3.83. The van der Waals surface area contributed by atoms with Gasteiger partial charge in [-0.15, -0.1) is 12.4 Å². The number of benzene rings is 1. The van der Waals surface area contributed by atoms with Crippen molar-refractivity contribution >= 4 is 18.3 Å². The van der Waals surface area contributed by atoms with Gasteiger partial charge in [0.05, 0.1) is 25.3 Å². The molecule has 7 heteroatoms. The van der Waals surface area contributed by atoms with Crippen LogP contribution in [0.15, 0.2) is 53.1 Å². The van der Waals surface area contributed by atoms with Gasteiger partial charge in [0, 0.05) is 20.2 Å². The van der Waals surface area contributed by atoms with E-state index in [0.29, 0.717) is 12.3 Å². The second-order valence-corrected chi connectivity index (χ2v) is 5.59. The molecule has 0 aliphatic rings. The standard InChI is InChI=1S/C18H24N2O4.ClH/c1-23-15(11-19)10-18(22)20(12-14-6-3-2-4-7-14)13-16(21)17-8-5-9-24-17;/h2-9,15-16,21H,10-13,19H2,1H3;1H. The Labute approximate surface area is 154 Å². The molecule has 0 spiro atoms. The molecule has 3 N–H and O–H groups in total. The molecular formula is C18H25ClN2O4. The van der Waals surface area contributed by atoms with Crippen LogP contribution in [0.25, 0.3) is 0 Å². The van der Waals surface area contributed by atoms with Crippen molar-refractivity contribution in [3.63, 3.8) is 0 Å². The van der Waals surface area contributed by atoms with E-state index in [4.69, 9.17) is 14.9 Å². The van der Waals surface area contributed by atoms with Crippen LogP contribution in [0.3, 0.4) is 0 Å². The van der Waals surface area contributed by atoms with Crippen LogP contribution in [-0.2, 0) is 16.1 Å². The lowest BCUT2D eigenvalue weighted by Crippen LogP contribution is -2.38. The summed E-state index contributed by atoms with van der Waals surface area (Å²) in [5, 5.41) is 10.3. The molecule has 2 unspecified atom stereocenters. The highest BCUT2D eigenvalue weighted by Gasteiger charge is 2.23. The zero-order chi connectivity index (χ0) is 17.4. The van der Waals surface area contributed by atoms with Crippen LogP contribution >= 0.6 is 12.4 Å². The summed E-state index contributed by atoms with van der Waals surface area (Å²) in [6.07, 6.45) is 0.449. The van der Waals surface area contributed by atoms with Gasteiger partial charge in [-0.3, -0.25) is 4.79 Å². The number of amides is 1.